The lowest BCUT2D eigenvalue weighted by molar-refractivity contribution is 0.223. The SMILES string of the molecule is CC(C)=CCC[C@H](C)[C@@H]1CC[C@@H](C)[C@H]2CC=C(C)C=C12. The molecule has 112 valence electrons. The van der Waals surface area contributed by atoms with Gasteiger partial charge in [-0.1, -0.05) is 48.8 Å². The van der Waals surface area contributed by atoms with E-state index in [-0.39, 0.29) is 0 Å². The van der Waals surface area contributed by atoms with Gasteiger partial charge >= 0.3 is 0 Å². The van der Waals surface area contributed by atoms with E-state index in [1.54, 1.807) is 5.57 Å². The van der Waals surface area contributed by atoms with Gasteiger partial charge in [0.25, 0.3) is 0 Å². The average Bonchev–Trinajstić information content (AvgIpc) is 2.38. The molecule has 0 aromatic heterocycles. The third-order valence-corrected chi connectivity index (χ3v) is 5.43. The molecule has 0 aliphatic heterocycles. The second-order valence-electron chi connectivity index (χ2n) is 7.43. The lowest BCUT2D eigenvalue weighted by Gasteiger charge is -2.41. The zero-order valence-electron chi connectivity index (χ0n) is 14.1. The number of fused-ring (bicyclic) bond motifs is 1. The maximum Gasteiger partial charge on any atom is -0.0137 e. The lowest BCUT2D eigenvalue weighted by atomic mass is 9.64. The van der Waals surface area contributed by atoms with Gasteiger partial charge in [0.2, 0.25) is 0 Å². The minimum absolute atomic E-state index is 0.831. The van der Waals surface area contributed by atoms with Crippen molar-refractivity contribution in [3.63, 3.8) is 0 Å². The van der Waals surface area contributed by atoms with Crippen LogP contribution in [0.15, 0.2) is 34.9 Å². The molecule has 0 bridgehead atoms. The Morgan fingerprint density at radius 1 is 1.35 bits per heavy atom. The van der Waals surface area contributed by atoms with Crippen molar-refractivity contribution in [3.8, 4) is 0 Å². The van der Waals surface area contributed by atoms with Gasteiger partial charge in [0.05, 0.1) is 0 Å². The van der Waals surface area contributed by atoms with Crippen molar-refractivity contribution in [1.29, 1.82) is 0 Å². The Hall–Kier alpha value is -0.780. The van der Waals surface area contributed by atoms with Crippen LogP contribution in [0.3, 0.4) is 0 Å². The van der Waals surface area contributed by atoms with Crippen molar-refractivity contribution in [1.82, 2.24) is 0 Å². The van der Waals surface area contributed by atoms with E-state index in [1.165, 1.54) is 43.3 Å². The summed E-state index contributed by atoms with van der Waals surface area (Å²) in [6.07, 6.45) is 14.1. The first-order valence-electron chi connectivity index (χ1n) is 8.50. The van der Waals surface area contributed by atoms with Crippen LogP contribution in [0, 0.1) is 23.7 Å². The van der Waals surface area contributed by atoms with Crippen molar-refractivity contribution < 1.29 is 0 Å². The van der Waals surface area contributed by atoms with E-state index in [0.29, 0.717) is 0 Å². The third-order valence-electron chi connectivity index (χ3n) is 5.43. The first-order chi connectivity index (χ1) is 9.49. The molecule has 0 heteroatoms. The van der Waals surface area contributed by atoms with Gasteiger partial charge in [0.1, 0.15) is 0 Å². The van der Waals surface area contributed by atoms with Crippen molar-refractivity contribution in [3.05, 3.63) is 34.9 Å². The molecule has 0 saturated heterocycles. The van der Waals surface area contributed by atoms with Crippen molar-refractivity contribution in [2.24, 2.45) is 23.7 Å². The Labute approximate surface area is 126 Å². The van der Waals surface area contributed by atoms with E-state index in [0.717, 1.165) is 23.7 Å². The van der Waals surface area contributed by atoms with Crippen molar-refractivity contribution in [2.45, 2.75) is 66.7 Å². The molecule has 1 saturated carbocycles. The smallest absolute Gasteiger partial charge is 0.0137 e. The number of rotatable bonds is 4. The predicted octanol–water partition coefficient (Wildman–Crippen LogP) is 6.31. The second-order valence-corrected chi connectivity index (χ2v) is 7.43. The van der Waals surface area contributed by atoms with Gasteiger partial charge < -0.3 is 0 Å². The Morgan fingerprint density at radius 3 is 2.80 bits per heavy atom. The Kier molecular flexibility index (Phi) is 5.29. The molecule has 2 aliphatic carbocycles. The molecule has 4 atom stereocenters. The summed E-state index contributed by atoms with van der Waals surface area (Å²) in [4.78, 5) is 0. The van der Waals surface area contributed by atoms with Crippen LogP contribution in [-0.4, -0.2) is 0 Å². The standard InChI is InChI=1S/C20H32/c1-14(2)7-6-8-16(4)19-12-10-17(5)18-11-9-15(3)13-20(18)19/h7,9,13,16-19H,6,8,10-12H2,1-5H3/t16-,17+,18+,19-/m0/s1. The molecular formula is C20H32. The highest BCUT2D eigenvalue weighted by molar-refractivity contribution is 5.31. The highest BCUT2D eigenvalue weighted by atomic mass is 14.4. The summed E-state index contributed by atoms with van der Waals surface area (Å²) in [5, 5.41) is 0. The fraction of sp³-hybridized carbons (Fsp3) is 0.700. The Balaban J connectivity index is 2.06. The number of hydrogen-bond acceptors (Lipinski definition) is 0. The lowest BCUT2D eigenvalue weighted by Crippen LogP contribution is -2.30. The summed E-state index contributed by atoms with van der Waals surface area (Å²) in [7, 11) is 0. The maximum atomic E-state index is 2.52. The van der Waals surface area contributed by atoms with Gasteiger partial charge in [-0.3, -0.25) is 0 Å². The molecular weight excluding hydrogens is 240 g/mol. The third kappa shape index (κ3) is 3.65. The van der Waals surface area contributed by atoms with Crippen molar-refractivity contribution in [2.75, 3.05) is 0 Å². The summed E-state index contributed by atoms with van der Waals surface area (Å²) >= 11 is 0. The van der Waals surface area contributed by atoms with Crippen LogP contribution >= 0.6 is 0 Å². The molecule has 0 radical (unpaired) electrons. The Bertz CT molecular complexity index is 417. The zero-order chi connectivity index (χ0) is 14.7. The highest BCUT2D eigenvalue weighted by Gasteiger charge is 2.35. The molecule has 0 nitrogen and oxygen atoms in total. The normalized spacial score (nSPS) is 30.9. The van der Waals surface area contributed by atoms with Gasteiger partial charge in [-0.05, 0) is 76.5 Å². The van der Waals surface area contributed by atoms with Crippen LogP contribution in [0.4, 0.5) is 0 Å². The van der Waals surface area contributed by atoms with E-state index in [1.807, 2.05) is 0 Å². The number of allylic oxidation sites excluding steroid dienone is 6. The van der Waals surface area contributed by atoms with E-state index < -0.39 is 0 Å². The molecule has 20 heavy (non-hydrogen) atoms. The first kappa shape index (κ1) is 15.6. The molecule has 0 heterocycles. The molecule has 0 aromatic carbocycles. The molecule has 0 spiro atoms. The first-order valence-corrected chi connectivity index (χ1v) is 8.50. The predicted molar refractivity (Wildman–Crippen MR) is 89.7 cm³/mol. The van der Waals surface area contributed by atoms with Crippen LogP contribution in [0.1, 0.15) is 66.7 Å². The van der Waals surface area contributed by atoms with E-state index in [9.17, 15) is 0 Å². The van der Waals surface area contributed by atoms with E-state index in [2.05, 4.69) is 52.8 Å². The largest absolute Gasteiger partial charge is 0.0859 e. The highest BCUT2D eigenvalue weighted by Crippen LogP contribution is 2.46. The minimum Gasteiger partial charge on any atom is -0.0859 e. The van der Waals surface area contributed by atoms with Gasteiger partial charge in [-0.15, -0.1) is 0 Å². The minimum atomic E-state index is 0.831. The molecule has 0 aromatic rings. The molecule has 0 N–H and O–H groups in total. The van der Waals surface area contributed by atoms with Crippen LogP contribution < -0.4 is 0 Å². The summed E-state index contributed by atoms with van der Waals surface area (Å²) < 4.78 is 0. The molecule has 2 rings (SSSR count). The maximum absolute atomic E-state index is 2.52. The van der Waals surface area contributed by atoms with Crippen LogP contribution in [0.5, 0.6) is 0 Å². The zero-order valence-corrected chi connectivity index (χ0v) is 14.1. The molecule has 0 unspecified atom stereocenters. The summed E-state index contributed by atoms with van der Waals surface area (Å²) in [6.45, 7) is 11.6. The van der Waals surface area contributed by atoms with Gasteiger partial charge in [0, 0.05) is 0 Å². The quantitative estimate of drug-likeness (QED) is 0.526. The van der Waals surface area contributed by atoms with Crippen LogP contribution in [0.25, 0.3) is 0 Å². The van der Waals surface area contributed by atoms with E-state index >= 15 is 0 Å². The fourth-order valence-corrected chi connectivity index (χ4v) is 4.08. The van der Waals surface area contributed by atoms with E-state index in [4.69, 9.17) is 0 Å². The second kappa shape index (κ2) is 6.78. The van der Waals surface area contributed by atoms with Gasteiger partial charge in [0.15, 0.2) is 0 Å². The topological polar surface area (TPSA) is 0 Å². The molecule has 2 aliphatic rings. The van der Waals surface area contributed by atoms with Gasteiger partial charge in [-0.2, -0.15) is 0 Å². The summed E-state index contributed by atoms with van der Waals surface area (Å²) in [6, 6.07) is 0. The average molecular weight is 272 g/mol. The van der Waals surface area contributed by atoms with Gasteiger partial charge in [-0.25, -0.2) is 0 Å². The van der Waals surface area contributed by atoms with Crippen molar-refractivity contribution >= 4 is 0 Å². The fourth-order valence-electron chi connectivity index (χ4n) is 4.08. The number of hydrogen-bond donors (Lipinski definition) is 0. The molecule has 0 amide bonds. The molecule has 1 fully saturated rings. The summed E-state index contributed by atoms with van der Waals surface area (Å²) in [5.41, 5.74) is 4.74. The Morgan fingerprint density at radius 2 is 2.10 bits per heavy atom. The monoisotopic (exact) mass is 272 g/mol. The van der Waals surface area contributed by atoms with Crippen LogP contribution in [-0.2, 0) is 0 Å². The summed E-state index contributed by atoms with van der Waals surface area (Å²) in [5.74, 6) is 3.39. The van der Waals surface area contributed by atoms with Crippen LogP contribution in [0.2, 0.25) is 0 Å².